The molecular weight excluding hydrogens is 1090 g/mol. The largest absolute Gasteiger partial charge is 0.382 e. The first-order chi connectivity index (χ1) is 40.9. The van der Waals surface area contributed by atoms with Gasteiger partial charge in [-0.15, -0.1) is 0 Å². The molecule has 5 rings (SSSR count). The molecule has 0 radical (unpaired) electrons. The molecule has 0 aliphatic heterocycles. The fourth-order valence-corrected chi connectivity index (χ4v) is 9.44. The first kappa shape index (κ1) is 68.7. The number of aryl methyl sites for hydroxylation is 1. The Morgan fingerprint density at radius 2 is 1.13 bits per heavy atom. The second-order valence-electron chi connectivity index (χ2n) is 19.0. The van der Waals surface area contributed by atoms with Gasteiger partial charge in [0.1, 0.15) is 0 Å². The van der Waals surface area contributed by atoms with Crippen LogP contribution in [0.25, 0.3) is 11.3 Å². The zero-order chi connectivity index (χ0) is 58.6. The number of ether oxygens (including phenoxy) is 12. The van der Waals surface area contributed by atoms with Gasteiger partial charge in [-0.25, -0.2) is 0 Å². The normalized spacial score (nSPS) is 13.0. The van der Waals surface area contributed by atoms with E-state index in [2.05, 4.69) is 52.9 Å². The van der Waals surface area contributed by atoms with Crippen molar-refractivity contribution in [1.82, 2.24) is 15.6 Å². The van der Waals surface area contributed by atoms with Crippen LogP contribution in [0.2, 0.25) is 0 Å². The highest BCUT2D eigenvalue weighted by atomic mass is 32.2. The van der Waals surface area contributed by atoms with Gasteiger partial charge in [-0.05, 0) is 92.3 Å². The minimum Gasteiger partial charge on any atom is -0.382 e. The first-order valence-electron chi connectivity index (χ1n) is 29.2. The van der Waals surface area contributed by atoms with Crippen molar-refractivity contribution >= 4 is 40.9 Å². The Morgan fingerprint density at radius 3 is 1.73 bits per heavy atom. The van der Waals surface area contributed by atoms with E-state index in [1.807, 2.05) is 54.6 Å². The Kier molecular flexibility index (Phi) is 36.7. The number of thioether (sulfide) groups is 1. The molecule has 21 heteroatoms. The van der Waals surface area contributed by atoms with Crippen LogP contribution in [0.4, 0.5) is 11.4 Å². The molecule has 1 aliphatic rings. The Labute approximate surface area is 495 Å². The molecule has 0 bridgehead atoms. The van der Waals surface area contributed by atoms with E-state index in [0.29, 0.717) is 181 Å². The number of carbonyl (C=O) groups excluding carboxylic acids is 3. The lowest BCUT2D eigenvalue weighted by Crippen LogP contribution is -2.31. The summed E-state index contributed by atoms with van der Waals surface area (Å²) >= 11 is 1.73. The van der Waals surface area contributed by atoms with E-state index in [1.54, 1.807) is 31.1 Å². The molecule has 3 amide bonds. The van der Waals surface area contributed by atoms with Crippen LogP contribution in [0.3, 0.4) is 0 Å². The number of aromatic nitrogens is 1. The number of carbonyl (C=O) groups is 3. The number of nitrogens with one attached hydrogen (secondary N) is 3. The van der Waals surface area contributed by atoms with Crippen LogP contribution >= 0.6 is 11.8 Å². The van der Waals surface area contributed by atoms with Crippen LogP contribution in [-0.4, -0.2) is 207 Å². The number of pyridine rings is 1. The summed E-state index contributed by atoms with van der Waals surface area (Å²) in [6, 6.07) is 25.4. The molecule has 0 fully saturated rings. The summed E-state index contributed by atoms with van der Waals surface area (Å²) in [7, 11) is 1.64. The highest BCUT2D eigenvalue weighted by Gasteiger charge is 2.23. The number of hydrogen-bond donors (Lipinski definition) is 3. The maximum absolute atomic E-state index is 13.8. The van der Waals surface area contributed by atoms with E-state index >= 15 is 0 Å². The third-order valence-electron chi connectivity index (χ3n) is 13.0. The van der Waals surface area contributed by atoms with Crippen LogP contribution in [0.5, 0.6) is 0 Å². The smallest absolute Gasteiger partial charge is 0.255 e. The van der Waals surface area contributed by atoms with Gasteiger partial charge in [-0.3, -0.25) is 19.4 Å². The van der Waals surface area contributed by atoms with E-state index in [-0.39, 0.29) is 30.2 Å². The Balaban J connectivity index is 0.817. The lowest BCUT2D eigenvalue weighted by molar-refractivity contribution is -0.122. The number of rotatable bonds is 49. The molecule has 0 saturated heterocycles. The number of fused-ring (bicyclic) bond motifs is 1. The van der Waals surface area contributed by atoms with Crippen molar-refractivity contribution in [3.63, 3.8) is 0 Å². The molecule has 0 unspecified atom stereocenters. The van der Waals surface area contributed by atoms with E-state index in [9.17, 15) is 14.4 Å². The van der Waals surface area contributed by atoms with E-state index in [1.165, 1.54) is 11.1 Å². The summed E-state index contributed by atoms with van der Waals surface area (Å²) in [6.45, 7) is 17.1. The number of hydrogen-bond acceptors (Lipinski definition) is 18. The number of nitrogens with zero attached hydrogens (tertiary/aromatic N) is 2. The van der Waals surface area contributed by atoms with Crippen molar-refractivity contribution < 1.29 is 71.2 Å². The minimum absolute atomic E-state index is 0.0503. The van der Waals surface area contributed by atoms with Gasteiger partial charge in [0.15, 0.2) is 0 Å². The van der Waals surface area contributed by atoms with Crippen molar-refractivity contribution in [3.05, 3.63) is 113 Å². The average molecular weight is 1180 g/mol. The third kappa shape index (κ3) is 29.0. The van der Waals surface area contributed by atoms with Gasteiger partial charge in [-0.1, -0.05) is 36.4 Å². The zero-order valence-corrected chi connectivity index (χ0v) is 50.0. The molecule has 1 heterocycles. The lowest BCUT2D eigenvalue weighted by Gasteiger charge is -2.26. The summed E-state index contributed by atoms with van der Waals surface area (Å²) in [5, 5.41) is 9.24. The summed E-state index contributed by atoms with van der Waals surface area (Å²) < 4.78 is 65.6. The molecule has 4 aromatic rings. The highest BCUT2D eigenvalue weighted by Crippen LogP contribution is 2.33. The fraction of sp³-hybridized carbons (Fsp3) is 0.581. The molecule has 460 valence electrons. The van der Waals surface area contributed by atoms with Gasteiger partial charge >= 0.3 is 0 Å². The zero-order valence-electron chi connectivity index (χ0n) is 49.2. The van der Waals surface area contributed by atoms with Gasteiger partial charge in [-0.2, -0.15) is 11.8 Å². The van der Waals surface area contributed by atoms with Gasteiger partial charge in [0.05, 0.1) is 169 Å². The maximum atomic E-state index is 13.8. The quantitative estimate of drug-likeness (QED) is 0.0372. The van der Waals surface area contributed by atoms with Crippen LogP contribution < -0.4 is 20.9 Å². The molecule has 20 nitrogen and oxygen atoms in total. The predicted octanol–water partition coefficient (Wildman–Crippen LogP) is 7.22. The fourth-order valence-electron chi connectivity index (χ4n) is 8.65. The van der Waals surface area contributed by atoms with E-state index in [4.69, 9.17) is 61.8 Å². The van der Waals surface area contributed by atoms with Crippen molar-refractivity contribution in [1.29, 1.82) is 0 Å². The second kappa shape index (κ2) is 44.4. The van der Waals surface area contributed by atoms with Gasteiger partial charge in [0.2, 0.25) is 5.91 Å². The highest BCUT2D eigenvalue weighted by molar-refractivity contribution is 7.98. The van der Waals surface area contributed by atoms with Gasteiger partial charge in [0.25, 0.3) is 11.8 Å². The number of amides is 3. The molecule has 3 N–H and O–H groups in total. The summed E-state index contributed by atoms with van der Waals surface area (Å²) in [6.07, 6.45) is 4.84. The van der Waals surface area contributed by atoms with Crippen molar-refractivity contribution in [2.45, 2.75) is 51.3 Å². The molecule has 1 atom stereocenters. The molecule has 1 aliphatic carbocycles. The summed E-state index contributed by atoms with van der Waals surface area (Å²) in [5.41, 5.74) is 7.48. The van der Waals surface area contributed by atoms with Gasteiger partial charge < -0.3 is 77.7 Å². The first-order valence-corrected chi connectivity index (χ1v) is 30.4. The predicted molar refractivity (Wildman–Crippen MR) is 322 cm³/mol. The molecule has 3 aromatic carbocycles. The summed E-state index contributed by atoms with van der Waals surface area (Å²) in [4.78, 5) is 46.6. The molecule has 1 aromatic heterocycles. The number of methoxy groups -OCH3 is 1. The van der Waals surface area contributed by atoms with Gasteiger partial charge in [0, 0.05) is 73.2 Å². The lowest BCUT2D eigenvalue weighted by atomic mass is 9.87. The molecule has 0 saturated carbocycles. The topological polar surface area (TPSA) is 214 Å². The molecular formula is C62H91N5O15S. The number of anilines is 2. The van der Waals surface area contributed by atoms with Crippen LogP contribution in [0.1, 0.15) is 76.6 Å². The monoisotopic (exact) mass is 1180 g/mol. The minimum atomic E-state index is -0.234. The second-order valence-corrected chi connectivity index (χ2v) is 20.1. The van der Waals surface area contributed by atoms with Crippen molar-refractivity contribution in [3.8, 4) is 11.3 Å². The Morgan fingerprint density at radius 1 is 0.578 bits per heavy atom. The van der Waals surface area contributed by atoms with Crippen LogP contribution in [-0.2, 0) is 73.8 Å². The molecule has 0 spiro atoms. The Hall–Kier alpha value is -5.11. The number of benzene rings is 3. The van der Waals surface area contributed by atoms with Crippen LogP contribution in [0.15, 0.2) is 85.1 Å². The van der Waals surface area contributed by atoms with E-state index in [0.717, 1.165) is 60.7 Å². The molecule has 83 heavy (non-hydrogen) atoms. The standard InChI is InChI=1S/C62H91N5O15S/c1-4-67(5-2)54-16-17-58(56(48-54)59-47-53(18-20-63-59)62(70)65-57-15-9-12-51-11-6-7-14-55(51)57)66-61(69)52-13-8-10-50(46-52)49-83-45-44-82-43-42-81-41-32-75-28-26-72-22-19-60(68)64-21-23-73-27-29-76-33-34-78-37-38-80-40-39-79-36-35-77-31-30-74-25-24-71-3/h6-8,10-11,13-14,16-18,20,46-48,57H,4-5,9,12,15,19,21-45,49H2,1-3H3,(H,64,68)(H,65,70)(H,66,69)/t57-/m0/s1. The van der Waals surface area contributed by atoms with E-state index < -0.39 is 0 Å². The average Bonchev–Trinajstić information content (AvgIpc) is 3.67. The van der Waals surface area contributed by atoms with Crippen molar-refractivity contribution in [2.24, 2.45) is 0 Å². The van der Waals surface area contributed by atoms with Crippen molar-refractivity contribution in [2.75, 3.05) is 195 Å². The summed E-state index contributed by atoms with van der Waals surface area (Å²) in [5.74, 6) is 1.01. The third-order valence-corrected chi connectivity index (χ3v) is 14.0. The SMILES string of the molecule is CCN(CC)c1ccc(NC(=O)c2cccc(CSCCOCCOCCOCCOCCC(=O)NCCOCCOCCOCCOCCOCCOCCOCCOC)c2)c(-c2cc(C(=O)N[C@H]3CCCc4ccccc43)ccn2)c1. The Bertz CT molecular complexity index is 2390. The van der Waals surface area contributed by atoms with Crippen LogP contribution in [0, 0.1) is 0 Å². The maximum Gasteiger partial charge on any atom is 0.255 e.